The SMILES string of the molecule is O=C1CNc2ccc(-c3ccc(F)cc3)cc2N1. The predicted octanol–water partition coefficient (Wildman–Crippen LogP) is 2.86. The third-order valence-electron chi connectivity index (χ3n) is 2.91. The Kier molecular flexibility index (Phi) is 2.48. The molecule has 3 nitrogen and oxygen atoms in total. The summed E-state index contributed by atoms with van der Waals surface area (Å²) in [6.07, 6.45) is 0. The average Bonchev–Trinajstić information content (AvgIpc) is 2.38. The van der Waals surface area contributed by atoms with Crippen LogP contribution in [0.5, 0.6) is 0 Å². The summed E-state index contributed by atoms with van der Waals surface area (Å²) in [5.74, 6) is -0.314. The topological polar surface area (TPSA) is 41.1 Å². The molecule has 0 spiro atoms. The molecule has 1 aliphatic rings. The van der Waals surface area contributed by atoms with Gasteiger partial charge < -0.3 is 10.6 Å². The van der Waals surface area contributed by atoms with E-state index in [4.69, 9.17) is 0 Å². The van der Waals surface area contributed by atoms with Crippen molar-refractivity contribution in [2.75, 3.05) is 17.2 Å². The van der Waals surface area contributed by atoms with Gasteiger partial charge in [0.05, 0.1) is 17.9 Å². The molecule has 90 valence electrons. The van der Waals surface area contributed by atoms with Crippen molar-refractivity contribution in [1.29, 1.82) is 0 Å². The monoisotopic (exact) mass is 242 g/mol. The van der Waals surface area contributed by atoms with Gasteiger partial charge in [0, 0.05) is 0 Å². The summed E-state index contributed by atoms with van der Waals surface area (Å²) in [4.78, 5) is 11.3. The van der Waals surface area contributed by atoms with Crippen molar-refractivity contribution in [3.8, 4) is 11.1 Å². The van der Waals surface area contributed by atoms with Crippen molar-refractivity contribution >= 4 is 17.3 Å². The molecule has 0 bridgehead atoms. The summed E-state index contributed by atoms with van der Waals surface area (Å²) in [5.41, 5.74) is 3.52. The summed E-state index contributed by atoms with van der Waals surface area (Å²) in [6.45, 7) is 0.295. The molecule has 4 heteroatoms. The smallest absolute Gasteiger partial charge is 0.243 e. The van der Waals surface area contributed by atoms with Crippen LogP contribution < -0.4 is 10.6 Å². The third-order valence-corrected chi connectivity index (χ3v) is 2.91. The second kappa shape index (κ2) is 4.14. The first-order valence-corrected chi connectivity index (χ1v) is 5.66. The van der Waals surface area contributed by atoms with Gasteiger partial charge in [0.15, 0.2) is 0 Å². The molecular weight excluding hydrogens is 231 g/mol. The summed E-state index contributed by atoms with van der Waals surface area (Å²) in [5, 5.41) is 5.83. The number of fused-ring (bicyclic) bond motifs is 1. The van der Waals surface area contributed by atoms with Crippen molar-refractivity contribution < 1.29 is 9.18 Å². The van der Waals surface area contributed by atoms with E-state index >= 15 is 0 Å². The van der Waals surface area contributed by atoms with Crippen LogP contribution in [0, 0.1) is 5.82 Å². The number of halogens is 1. The number of anilines is 2. The quantitative estimate of drug-likeness (QED) is 0.807. The molecule has 0 saturated heterocycles. The first-order chi connectivity index (χ1) is 8.72. The zero-order valence-corrected chi connectivity index (χ0v) is 9.53. The van der Waals surface area contributed by atoms with Gasteiger partial charge in [0.2, 0.25) is 5.91 Å². The van der Waals surface area contributed by atoms with Gasteiger partial charge >= 0.3 is 0 Å². The van der Waals surface area contributed by atoms with Crippen molar-refractivity contribution in [2.45, 2.75) is 0 Å². The van der Waals surface area contributed by atoms with E-state index in [1.54, 1.807) is 12.1 Å². The van der Waals surface area contributed by atoms with E-state index < -0.39 is 0 Å². The van der Waals surface area contributed by atoms with Gasteiger partial charge in [-0.1, -0.05) is 18.2 Å². The van der Waals surface area contributed by atoms with Crippen molar-refractivity contribution in [3.63, 3.8) is 0 Å². The molecule has 0 unspecified atom stereocenters. The molecule has 3 rings (SSSR count). The fourth-order valence-electron chi connectivity index (χ4n) is 1.99. The highest BCUT2D eigenvalue weighted by atomic mass is 19.1. The van der Waals surface area contributed by atoms with Gasteiger partial charge in [-0.3, -0.25) is 4.79 Å². The number of carbonyl (C=O) groups excluding carboxylic acids is 1. The Balaban J connectivity index is 2.01. The van der Waals surface area contributed by atoms with Crippen LogP contribution in [0.1, 0.15) is 0 Å². The second-order valence-corrected chi connectivity index (χ2v) is 4.17. The van der Waals surface area contributed by atoms with Crippen LogP contribution in [0.4, 0.5) is 15.8 Å². The van der Waals surface area contributed by atoms with E-state index in [1.807, 2.05) is 18.2 Å². The zero-order valence-electron chi connectivity index (χ0n) is 9.53. The molecule has 0 aromatic heterocycles. The Labute approximate surface area is 104 Å². The van der Waals surface area contributed by atoms with Gasteiger partial charge in [-0.25, -0.2) is 4.39 Å². The molecule has 0 saturated carbocycles. The van der Waals surface area contributed by atoms with Gasteiger partial charge in [-0.2, -0.15) is 0 Å². The first kappa shape index (κ1) is 10.8. The summed E-state index contributed by atoms with van der Waals surface area (Å²) in [7, 11) is 0. The Bertz CT molecular complexity index is 608. The minimum Gasteiger partial charge on any atom is -0.374 e. The molecule has 1 heterocycles. The molecule has 2 aromatic rings. The Morgan fingerprint density at radius 3 is 2.44 bits per heavy atom. The lowest BCUT2D eigenvalue weighted by Gasteiger charge is -2.19. The standard InChI is InChI=1S/C14H11FN2O/c15-11-4-1-9(2-5-11)10-3-6-12-13(7-10)17-14(18)8-16-12/h1-7,16H,8H2,(H,17,18). The minimum atomic E-state index is -0.258. The molecule has 2 N–H and O–H groups in total. The van der Waals surface area contributed by atoms with E-state index in [-0.39, 0.29) is 11.7 Å². The largest absolute Gasteiger partial charge is 0.374 e. The van der Waals surface area contributed by atoms with Crippen LogP contribution in [0.25, 0.3) is 11.1 Å². The number of rotatable bonds is 1. The fraction of sp³-hybridized carbons (Fsp3) is 0.0714. The van der Waals surface area contributed by atoms with E-state index in [2.05, 4.69) is 10.6 Å². The van der Waals surface area contributed by atoms with Crippen LogP contribution in [0.15, 0.2) is 42.5 Å². The molecule has 18 heavy (non-hydrogen) atoms. The van der Waals surface area contributed by atoms with Gasteiger partial charge in [-0.05, 0) is 35.4 Å². The molecule has 2 aromatic carbocycles. The highest BCUT2D eigenvalue weighted by Gasteiger charge is 2.14. The third kappa shape index (κ3) is 1.93. The molecule has 0 fully saturated rings. The zero-order chi connectivity index (χ0) is 12.5. The molecular formula is C14H11FN2O. The highest BCUT2D eigenvalue weighted by Crippen LogP contribution is 2.30. The van der Waals surface area contributed by atoms with Crippen LogP contribution in [0.3, 0.4) is 0 Å². The number of carbonyl (C=O) groups is 1. The minimum absolute atomic E-state index is 0.0567. The number of benzene rings is 2. The number of hydrogen-bond acceptors (Lipinski definition) is 2. The highest BCUT2D eigenvalue weighted by molar-refractivity contribution is 6.01. The van der Waals surface area contributed by atoms with Crippen molar-refractivity contribution in [1.82, 2.24) is 0 Å². The summed E-state index contributed by atoms with van der Waals surface area (Å²) >= 11 is 0. The summed E-state index contributed by atoms with van der Waals surface area (Å²) in [6, 6.07) is 12.0. The maximum absolute atomic E-state index is 12.9. The molecule has 1 amide bonds. The normalized spacial score (nSPS) is 13.5. The van der Waals surface area contributed by atoms with Crippen LogP contribution in [-0.4, -0.2) is 12.5 Å². The Morgan fingerprint density at radius 1 is 0.944 bits per heavy atom. The molecule has 0 aliphatic carbocycles. The summed E-state index contributed by atoms with van der Waals surface area (Å²) < 4.78 is 12.9. The van der Waals surface area contributed by atoms with E-state index in [9.17, 15) is 9.18 Å². The first-order valence-electron chi connectivity index (χ1n) is 5.66. The van der Waals surface area contributed by atoms with E-state index in [0.29, 0.717) is 6.54 Å². The van der Waals surface area contributed by atoms with Gasteiger partial charge in [0.25, 0.3) is 0 Å². The van der Waals surface area contributed by atoms with Crippen LogP contribution >= 0.6 is 0 Å². The van der Waals surface area contributed by atoms with Crippen LogP contribution in [0.2, 0.25) is 0 Å². The lowest BCUT2D eigenvalue weighted by Crippen LogP contribution is -2.27. The Hall–Kier alpha value is -2.36. The predicted molar refractivity (Wildman–Crippen MR) is 69.0 cm³/mol. The Morgan fingerprint density at radius 2 is 1.67 bits per heavy atom. The second-order valence-electron chi connectivity index (χ2n) is 4.17. The maximum atomic E-state index is 12.9. The average molecular weight is 242 g/mol. The van der Waals surface area contributed by atoms with Crippen molar-refractivity contribution in [2.24, 2.45) is 0 Å². The van der Waals surface area contributed by atoms with Crippen LogP contribution in [-0.2, 0) is 4.79 Å². The van der Waals surface area contributed by atoms with E-state index in [0.717, 1.165) is 22.5 Å². The number of nitrogens with one attached hydrogen (secondary N) is 2. The lowest BCUT2D eigenvalue weighted by atomic mass is 10.0. The molecule has 1 aliphatic heterocycles. The number of hydrogen-bond donors (Lipinski definition) is 2. The number of amides is 1. The molecule has 0 atom stereocenters. The van der Waals surface area contributed by atoms with Crippen molar-refractivity contribution in [3.05, 3.63) is 48.3 Å². The van der Waals surface area contributed by atoms with Gasteiger partial charge in [0.1, 0.15) is 5.82 Å². The maximum Gasteiger partial charge on any atom is 0.243 e. The van der Waals surface area contributed by atoms with E-state index in [1.165, 1.54) is 12.1 Å². The lowest BCUT2D eigenvalue weighted by molar-refractivity contribution is -0.114. The molecule has 0 radical (unpaired) electrons. The van der Waals surface area contributed by atoms with Gasteiger partial charge in [-0.15, -0.1) is 0 Å². The fourth-order valence-corrected chi connectivity index (χ4v) is 1.99.